The van der Waals surface area contributed by atoms with Crippen LogP contribution in [0.25, 0.3) is 0 Å². The van der Waals surface area contributed by atoms with E-state index in [-0.39, 0.29) is 0 Å². The molecule has 2 fully saturated rings. The molecule has 1 nitrogen and oxygen atoms in total. The van der Waals surface area contributed by atoms with Gasteiger partial charge >= 0.3 is 0 Å². The Morgan fingerprint density at radius 3 is 2.67 bits per heavy atom. The van der Waals surface area contributed by atoms with Gasteiger partial charge in [-0.15, -0.1) is 0 Å². The quantitative estimate of drug-likeness (QED) is 0.754. The molecule has 18 heavy (non-hydrogen) atoms. The van der Waals surface area contributed by atoms with E-state index in [2.05, 4.69) is 11.0 Å². The normalized spacial score (nSPS) is 34.2. The summed E-state index contributed by atoms with van der Waals surface area (Å²) in [5.41, 5.74) is 2.72. The van der Waals surface area contributed by atoms with Gasteiger partial charge in [0.25, 0.3) is 0 Å². The average Bonchev–Trinajstić information content (AvgIpc) is 3.01. The van der Waals surface area contributed by atoms with Crippen molar-refractivity contribution in [1.29, 1.82) is 0 Å². The number of halogens is 2. The Morgan fingerprint density at radius 2 is 1.94 bits per heavy atom. The lowest BCUT2D eigenvalue weighted by atomic mass is 10.1. The van der Waals surface area contributed by atoms with Gasteiger partial charge in [-0.1, -0.05) is 23.2 Å². The van der Waals surface area contributed by atoms with Gasteiger partial charge in [0.2, 0.25) is 0 Å². The van der Waals surface area contributed by atoms with Crippen LogP contribution in [0.4, 0.5) is 0 Å². The van der Waals surface area contributed by atoms with Crippen LogP contribution in [0.1, 0.15) is 30.4 Å². The Morgan fingerprint density at radius 1 is 1.06 bits per heavy atom. The minimum absolute atomic E-state index is 0.672. The Labute approximate surface area is 118 Å². The molecule has 3 heteroatoms. The van der Waals surface area contributed by atoms with Crippen LogP contribution in [0.15, 0.2) is 12.1 Å². The van der Waals surface area contributed by atoms with E-state index in [0.717, 1.165) is 34.8 Å². The van der Waals surface area contributed by atoms with Crippen molar-refractivity contribution in [1.82, 2.24) is 4.90 Å². The third-order valence-corrected chi connectivity index (χ3v) is 5.62. The Hall–Kier alpha value is -0.240. The third-order valence-electron chi connectivity index (χ3n) is 5.07. The number of hydrogen-bond acceptors (Lipinski definition) is 1. The van der Waals surface area contributed by atoms with Crippen LogP contribution in [0.2, 0.25) is 10.0 Å². The Kier molecular flexibility index (Phi) is 2.65. The van der Waals surface area contributed by atoms with Crippen molar-refractivity contribution in [2.45, 2.75) is 44.2 Å². The molecule has 1 saturated heterocycles. The monoisotopic (exact) mass is 281 g/mol. The molecule has 1 aromatic carbocycles. The van der Waals surface area contributed by atoms with Crippen molar-refractivity contribution in [3.63, 3.8) is 0 Å². The predicted molar refractivity (Wildman–Crippen MR) is 75.5 cm³/mol. The third kappa shape index (κ3) is 1.71. The zero-order valence-electron chi connectivity index (χ0n) is 10.3. The second kappa shape index (κ2) is 4.13. The fourth-order valence-electron chi connectivity index (χ4n) is 4.27. The zero-order valence-corrected chi connectivity index (χ0v) is 11.8. The topological polar surface area (TPSA) is 3.24 Å². The Bertz CT molecular complexity index is 500. The molecule has 1 heterocycles. The van der Waals surface area contributed by atoms with Crippen molar-refractivity contribution in [3.05, 3.63) is 33.3 Å². The molecule has 2 bridgehead atoms. The van der Waals surface area contributed by atoms with Crippen molar-refractivity contribution in [3.8, 4) is 0 Å². The van der Waals surface area contributed by atoms with Gasteiger partial charge in [-0.2, -0.15) is 0 Å². The summed E-state index contributed by atoms with van der Waals surface area (Å²) >= 11 is 12.4. The maximum atomic E-state index is 6.32. The lowest BCUT2D eigenvalue weighted by molar-refractivity contribution is 0.153. The van der Waals surface area contributed by atoms with Gasteiger partial charge in [0, 0.05) is 28.7 Å². The van der Waals surface area contributed by atoms with E-state index in [1.807, 2.05) is 6.07 Å². The molecule has 1 saturated carbocycles. The summed E-state index contributed by atoms with van der Waals surface area (Å²) in [7, 11) is 0. The molecule has 1 unspecified atom stereocenters. The van der Waals surface area contributed by atoms with E-state index in [0.29, 0.717) is 6.04 Å². The van der Waals surface area contributed by atoms with Gasteiger partial charge in [0.15, 0.2) is 0 Å². The highest BCUT2D eigenvalue weighted by atomic mass is 35.5. The molecule has 1 aliphatic heterocycles. The number of piperidine rings is 1. The SMILES string of the molecule is Clc1cc(Cl)c2c(c1)C[C@H](N1CC3CC[C@H]1C3)C2. The van der Waals surface area contributed by atoms with Gasteiger partial charge in [0.1, 0.15) is 0 Å². The maximum Gasteiger partial charge on any atom is 0.0456 e. The molecule has 0 amide bonds. The number of benzene rings is 1. The lowest BCUT2D eigenvalue weighted by Crippen LogP contribution is -2.41. The van der Waals surface area contributed by atoms with Gasteiger partial charge in [0.05, 0.1) is 0 Å². The van der Waals surface area contributed by atoms with E-state index in [9.17, 15) is 0 Å². The van der Waals surface area contributed by atoms with Crippen LogP contribution in [0, 0.1) is 5.92 Å². The first-order valence-corrected chi connectivity index (χ1v) is 7.69. The standard InChI is InChI=1S/C15H17Cl2N/c16-11-4-10-5-13(7-14(10)15(17)6-11)18-8-9-1-2-12(18)3-9/h4,6,9,12-13H,1-3,5,7-8H2/t9?,12-,13-/m0/s1. The molecule has 4 rings (SSSR count). The summed E-state index contributed by atoms with van der Waals surface area (Å²) in [5.74, 6) is 0.970. The van der Waals surface area contributed by atoms with Gasteiger partial charge in [-0.05, 0) is 61.3 Å². The second-order valence-corrected chi connectivity index (χ2v) is 6.96. The van der Waals surface area contributed by atoms with Crippen molar-refractivity contribution >= 4 is 23.2 Å². The highest BCUT2D eigenvalue weighted by Gasteiger charge is 2.42. The molecule has 2 aliphatic carbocycles. The fourth-order valence-corrected chi connectivity index (χ4v) is 4.89. The van der Waals surface area contributed by atoms with E-state index in [4.69, 9.17) is 23.2 Å². The van der Waals surface area contributed by atoms with E-state index in [1.165, 1.54) is 36.9 Å². The fraction of sp³-hybridized carbons (Fsp3) is 0.600. The van der Waals surface area contributed by atoms with Crippen molar-refractivity contribution in [2.75, 3.05) is 6.54 Å². The van der Waals surface area contributed by atoms with E-state index < -0.39 is 0 Å². The zero-order chi connectivity index (χ0) is 12.3. The van der Waals surface area contributed by atoms with Crippen LogP contribution in [0.5, 0.6) is 0 Å². The molecular formula is C15H17Cl2N. The minimum Gasteiger partial charge on any atom is -0.296 e. The predicted octanol–water partition coefficient (Wildman–Crippen LogP) is 3.94. The number of rotatable bonds is 1. The molecule has 0 spiro atoms. The van der Waals surface area contributed by atoms with Crippen molar-refractivity contribution in [2.24, 2.45) is 5.92 Å². The summed E-state index contributed by atoms with van der Waals surface area (Å²) < 4.78 is 0. The summed E-state index contributed by atoms with van der Waals surface area (Å²) in [6.07, 6.45) is 6.55. The van der Waals surface area contributed by atoms with Gasteiger partial charge in [-0.3, -0.25) is 4.90 Å². The smallest absolute Gasteiger partial charge is 0.0456 e. The molecule has 3 atom stereocenters. The average molecular weight is 282 g/mol. The highest BCUT2D eigenvalue weighted by molar-refractivity contribution is 6.35. The van der Waals surface area contributed by atoms with Crippen LogP contribution >= 0.6 is 23.2 Å². The molecule has 0 radical (unpaired) electrons. The van der Waals surface area contributed by atoms with E-state index >= 15 is 0 Å². The first kappa shape index (κ1) is 11.6. The molecule has 96 valence electrons. The van der Waals surface area contributed by atoms with Crippen LogP contribution in [-0.2, 0) is 12.8 Å². The minimum atomic E-state index is 0.672. The number of hydrogen-bond donors (Lipinski definition) is 0. The number of nitrogens with zero attached hydrogens (tertiary/aromatic N) is 1. The molecular weight excluding hydrogens is 265 g/mol. The van der Waals surface area contributed by atoms with E-state index in [1.54, 1.807) is 0 Å². The number of likely N-dealkylation sites (tertiary alicyclic amines) is 1. The molecule has 0 N–H and O–H groups in total. The first-order valence-electron chi connectivity index (χ1n) is 6.93. The lowest BCUT2D eigenvalue weighted by Gasteiger charge is -2.32. The largest absolute Gasteiger partial charge is 0.296 e. The summed E-state index contributed by atoms with van der Waals surface area (Å²) in [4.78, 5) is 2.75. The van der Waals surface area contributed by atoms with Crippen molar-refractivity contribution < 1.29 is 0 Å². The number of fused-ring (bicyclic) bond motifs is 3. The van der Waals surface area contributed by atoms with Gasteiger partial charge < -0.3 is 0 Å². The maximum absolute atomic E-state index is 6.32. The second-order valence-electron chi connectivity index (χ2n) is 6.12. The summed E-state index contributed by atoms with van der Waals surface area (Å²) in [6.45, 7) is 1.31. The summed E-state index contributed by atoms with van der Waals surface area (Å²) in [5, 5.41) is 1.65. The van der Waals surface area contributed by atoms with Crippen LogP contribution in [0.3, 0.4) is 0 Å². The van der Waals surface area contributed by atoms with Crippen LogP contribution < -0.4 is 0 Å². The first-order chi connectivity index (χ1) is 8.70. The molecule has 3 aliphatic rings. The molecule has 0 aromatic heterocycles. The Balaban J connectivity index is 1.60. The van der Waals surface area contributed by atoms with Gasteiger partial charge in [-0.25, -0.2) is 0 Å². The summed E-state index contributed by atoms with van der Waals surface area (Å²) in [6, 6.07) is 5.52. The van der Waals surface area contributed by atoms with Crippen LogP contribution in [-0.4, -0.2) is 23.5 Å². The highest BCUT2D eigenvalue weighted by Crippen LogP contribution is 2.42. The molecule has 1 aromatic rings.